The average molecular weight is 463 g/mol. The lowest BCUT2D eigenvalue weighted by atomic mass is 9.78. The van der Waals surface area contributed by atoms with Gasteiger partial charge >= 0.3 is 5.76 Å². The zero-order valence-electron chi connectivity index (χ0n) is 16.5. The standard InChI is InChI=1S/C22H24BrFN2O3/c1-12-9-16-14(5-6-17-20(16)29-21(27)25-17)19(26(12)11-22(24)7-8-22)15-4-3-13(23)10-18(15)28-2/h3-6,10,12,15,18-19H,7-9,11H2,1-2H3,(H,25,27)/t12-,15?,18?,19+/m1/s1. The van der Waals surface area contributed by atoms with Gasteiger partial charge < -0.3 is 9.15 Å². The van der Waals surface area contributed by atoms with Gasteiger partial charge in [0.1, 0.15) is 5.67 Å². The molecule has 1 aromatic heterocycles. The van der Waals surface area contributed by atoms with Gasteiger partial charge in [0.05, 0.1) is 11.6 Å². The van der Waals surface area contributed by atoms with E-state index in [1.165, 1.54) is 0 Å². The summed E-state index contributed by atoms with van der Waals surface area (Å²) >= 11 is 3.54. The summed E-state index contributed by atoms with van der Waals surface area (Å²) in [5, 5.41) is 0. The van der Waals surface area contributed by atoms with Crippen molar-refractivity contribution in [1.29, 1.82) is 0 Å². The van der Waals surface area contributed by atoms with Gasteiger partial charge in [-0.3, -0.25) is 9.88 Å². The molecular weight excluding hydrogens is 439 g/mol. The second-order valence-corrected chi connectivity index (χ2v) is 9.45. The molecule has 2 aromatic rings. The second-order valence-electron chi connectivity index (χ2n) is 8.53. The predicted molar refractivity (Wildman–Crippen MR) is 113 cm³/mol. The number of ether oxygens (including phenoxy) is 1. The Labute approximate surface area is 176 Å². The molecule has 2 heterocycles. The number of aromatic nitrogens is 1. The van der Waals surface area contributed by atoms with Gasteiger partial charge in [-0.1, -0.05) is 34.1 Å². The van der Waals surface area contributed by atoms with Crippen LogP contribution in [0.25, 0.3) is 11.1 Å². The van der Waals surface area contributed by atoms with Gasteiger partial charge in [0.15, 0.2) is 5.58 Å². The first-order chi connectivity index (χ1) is 13.9. The Morgan fingerprint density at radius 3 is 2.93 bits per heavy atom. The van der Waals surface area contributed by atoms with Crippen LogP contribution in [0.3, 0.4) is 0 Å². The summed E-state index contributed by atoms with van der Waals surface area (Å²) in [7, 11) is 1.71. The van der Waals surface area contributed by atoms with Crippen molar-refractivity contribution in [3.63, 3.8) is 0 Å². The summed E-state index contributed by atoms with van der Waals surface area (Å²) in [6, 6.07) is 4.00. The highest BCUT2D eigenvalue weighted by Gasteiger charge is 2.49. The van der Waals surface area contributed by atoms with Gasteiger partial charge in [-0.25, -0.2) is 9.18 Å². The van der Waals surface area contributed by atoms with E-state index in [1.54, 1.807) is 7.11 Å². The lowest BCUT2D eigenvalue weighted by Crippen LogP contribution is -2.50. The number of H-pyrrole nitrogens is 1. The third-order valence-corrected chi connectivity index (χ3v) is 7.07. The fourth-order valence-electron chi connectivity index (χ4n) is 4.89. The number of benzene rings is 1. The quantitative estimate of drug-likeness (QED) is 0.731. The molecule has 1 fully saturated rings. The van der Waals surface area contributed by atoms with Crippen molar-refractivity contribution in [2.45, 2.75) is 50.0 Å². The first-order valence-corrected chi connectivity index (χ1v) is 10.9. The normalized spacial score (nSPS) is 31.0. The Bertz CT molecular complexity index is 1070. The summed E-state index contributed by atoms with van der Waals surface area (Å²) in [5.41, 5.74) is 2.37. The van der Waals surface area contributed by atoms with E-state index in [9.17, 15) is 9.18 Å². The summed E-state index contributed by atoms with van der Waals surface area (Å²) in [6.45, 7) is 2.55. The minimum atomic E-state index is -1.09. The van der Waals surface area contributed by atoms with Crippen molar-refractivity contribution in [3.8, 4) is 0 Å². The highest BCUT2D eigenvalue weighted by atomic mass is 79.9. The van der Waals surface area contributed by atoms with Gasteiger partial charge in [0.2, 0.25) is 0 Å². The molecule has 5 nitrogen and oxygen atoms in total. The van der Waals surface area contributed by atoms with Gasteiger partial charge in [-0.05, 0) is 43.9 Å². The SMILES string of the molecule is COC1C=C(Br)C=CC1[C@@H]1c2ccc3[nH]c(=O)oc3c2C[C@@H](C)N1CC1(F)CC1. The molecule has 0 saturated heterocycles. The Kier molecular flexibility index (Phi) is 4.60. The van der Waals surface area contributed by atoms with Crippen molar-refractivity contribution >= 4 is 27.0 Å². The van der Waals surface area contributed by atoms with E-state index in [1.807, 2.05) is 12.1 Å². The number of fused-ring (bicyclic) bond motifs is 3. The van der Waals surface area contributed by atoms with Crippen LogP contribution in [-0.4, -0.2) is 41.4 Å². The lowest BCUT2D eigenvalue weighted by molar-refractivity contribution is 0.0128. The highest BCUT2D eigenvalue weighted by molar-refractivity contribution is 9.11. The molecule has 1 aliphatic heterocycles. The molecule has 2 unspecified atom stereocenters. The van der Waals surface area contributed by atoms with Gasteiger partial charge in [0.25, 0.3) is 0 Å². The molecule has 7 heteroatoms. The molecule has 0 spiro atoms. The number of oxazole rings is 1. The third-order valence-electron chi connectivity index (χ3n) is 6.55. The van der Waals surface area contributed by atoms with E-state index in [0.29, 0.717) is 36.9 Å². The number of rotatable bonds is 4. The van der Waals surface area contributed by atoms with Crippen molar-refractivity contribution in [2.75, 3.05) is 13.7 Å². The molecule has 1 N–H and O–H groups in total. The minimum absolute atomic E-state index is 0.0215. The van der Waals surface area contributed by atoms with Crippen LogP contribution in [0.1, 0.15) is 36.9 Å². The molecule has 2 aliphatic carbocycles. The number of hydrogen-bond acceptors (Lipinski definition) is 4. The zero-order valence-corrected chi connectivity index (χ0v) is 18.0. The average Bonchev–Trinajstić information content (AvgIpc) is 3.28. The predicted octanol–water partition coefficient (Wildman–Crippen LogP) is 4.39. The number of allylic oxidation sites excluding steroid dienone is 2. The molecule has 0 radical (unpaired) electrons. The number of aromatic amines is 1. The molecule has 5 rings (SSSR count). The van der Waals surface area contributed by atoms with E-state index in [0.717, 1.165) is 15.6 Å². The fourth-order valence-corrected chi connectivity index (χ4v) is 5.30. The molecule has 0 amide bonds. The zero-order chi connectivity index (χ0) is 20.3. The van der Waals surface area contributed by atoms with Gasteiger partial charge in [-0.2, -0.15) is 0 Å². The Morgan fingerprint density at radius 2 is 2.21 bits per heavy atom. The topological polar surface area (TPSA) is 58.5 Å². The van der Waals surface area contributed by atoms with E-state index >= 15 is 0 Å². The van der Waals surface area contributed by atoms with E-state index in [-0.39, 0.29) is 24.1 Å². The van der Waals surface area contributed by atoms with Crippen LogP contribution in [0.4, 0.5) is 4.39 Å². The van der Waals surface area contributed by atoms with Crippen LogP contribution < -0.4 is 5.76 Å². The maximum Gasteiger partial charge on any atom is 0.417 e. The first kappa shape index (κ1) is 19.3. The number of nitrogens with one attached hydrogen (secondary N) is 1. The van der Waals surface area contributed by atoms with Crippen LogP contribution >= 0.6 is 15.9 Å². The molecule has 154 valence electrons. The Balaban J connectivity index is 1.66. The number of hydrogen-bond donors (Lipinski definition) is 1. The molecule has 1 saturated carbocycles. The molecule has 0 bridgehead atoms. The summed E-state index contributed by atoms with van der Waals surface area (Å²) in [6.07, 6.45) is 8.07. The number of nitrogens with zero attached hydrogens (tertiary/aromatic N) is 1. The second kappa shape index (κ2) is 6.93. The van der Waals surface area contributed by atoms with Crippen molar-refractivity contribution in [1.82, 2.24) is 9.88 Å². The summed E-state index contributed by atoms with van der Waals surface area (Å²) in [5.74, 6) is -0.423. The molecule has 1 aromatic carbocycles. The maximum absolute atomic E-state index is 14.9. The Hall–Kier alpha value is -1.70. The maximum atomic E-state index is 14.9. The fraction of sp³-hybridized carbons (Fsp3) is 0.500. The smallest absolute Gasteiger partial charge is 0.408 e. The number of alkyl halides is 1. The summed E-state index contributed by atoms with van der Waals surface area (Å²) < 4.78 is 27.2. The highest BCUT2D eigenvalue weighted by Crippen LogP contribution is 2.48. The van der Waals surface area contributed by atoms with Crippen molar-refractivity contribution in [2.24, 2.45) is 5.92 Å². The molecule has 29 heavy (non-hydrogen) atoms. The summed E-state index contributed by atoms with van der Waals surface area (Å²) in [4.78, 5) is 16.9. The van der Waals surface area contributed by atoms with E-state index < -0.39 is 11.4 Å². The van der Waals surface area contributed by atoms with Crippen LogP contribution in [0, 0.1) is 5.92 Å². The van der Waals surface area contributed by atoms with Crippen LogP contribution in [0.2, 0.25) is 0 Å². The van der Waals surface area contributed by atoms with Crippen molar-refractivity contribution < 1.29 is 13.5 Å². The molecule has 3 aliphatic rings. The molecule has 4 atom stereocenters. The first-order valence-electron chi connectivity index (χ1n) is 10.1. The monoisotopic (exact) mass is 462 g/mol. The minimum Gasteiger partial charge on any atom is -0.408 e. The molecular formula is C22H24BrFN2O3. The van der Waals surface area contributed by atoms with Crippen LogP contribution in [0.5, 0.6) is 0 Å². The Morgan fingerprint density at radius 1 is 1.41 bits per heavy atom. The largest absolute Gasteiger partial charge is 0.417 e. The van der Waals surface area contributed by atoms with E-state index in [2.05, 4.69) is 51.0 Å². The van der Waals surface area contributed by atoms with E-state index in [4.69, 9.17) is 9.15 Å². The van der Waals surface area contributed by atoms with Crippen LogP contribution in [0.15, 0.2) is 44.1 Å². The number of methoxy groups -OCH3 is 1. The third kappa shape index (κ3) is 3.33. The van der Waals surface area contributed by atoms with Crippen molar-refractivity contribution in [3.05, 3.63) is 56.5 Å². The van der Waals surface area contributed by atoms with Crippen LogP contribution in [-0.2, 0) is 11.2 Å². The van der Waals surface area contributed by atoms with Gasteiger partial charge in [-0.15, -0.1) is 0 Å². The lowest BCUT2D eigenvalue weighted by Gasteiger charge is -2.47. The number of halogens is 2. The van der Waals surface area contributed by atoms with Gasteiger partial charge in [0, 0.05) is 41.7 Å².